The van der Waals surface area contributed by atoms with Gasteiger partial charge in [0.25, 0.3) is 0 Å². The third-order valence-corrected chi connectivity index (χ3v) is 2.44. The first-order valence-corrected chi connectivity index (χ1v) is 4.70. The maximum atomic E-state index is 11.9. The predicted molar refractivity (Wildman–Crippen MR) is 58.7 cm³/mol. The number of pyridine rings is 2. The van der Waals surface area contributed by atoms with Crippen molar-refractivity contribution in [2.45, 2.75) is 6.92 Å². The van der Waals surface area contributed by atoms with Crippen LogP contribution in [0.3, 0.4) is 0 Å². The molecule has 0 bridgehead atoms. The van der Waals surface area contributed by atoms with Gasteiger partial charge in [0, 0.05) is 24.3 Å². The van der Waals surface area contributed by atoms with E-state index in [2.05, 4.69) is 4.98 Å². The van der Waals surface area contributed by atoms with Crippen LogP contribution >= 0.6 is 0 Å². The zero-order chi connectivity index (χ0) is 11.9. The highest BCUT2D eigenvalue weighted by Crippen LogP contribution is 2.10. The van der Waals surface area contributed by atoms with Crippen LogP contribution in [-0.2, 0) is 7.05 Å². The molecule has 82 valence electrons. The number of nitrogens with zero attached hydrogens (tertiary/aromatic N) is 2. The average molecular weight is 218 g/mol. The Bertz CT molecular complexity index is 643. The van der Waals surface area contributed by atoms with Gasteiger partial charge in [-0.25, -0.2) is 4.79 Å². The minimum Gasteiger partial charge on any atom is -0.477 e. The van der Waals surface area contributed by atoms with Gasteiger partial charge >= 0.3 is 5.97 Å². The lowest BCUT2D eigenvalue weighted by Crippen LogP contribution is -2.18. The Hall–Kier alpha value is -2.17. The first-order valence-electron chi connectivity index (χ1n) is 4.70. The van der Waals surface area contributed by atoms with Crippen molar-refractivity contribution >= 4 is 16.9 Å². The summed E-state index contributed by atoms with van der Waals surface area (Å²) in [5.41, 5.74) is 0.624. The topological polar surface area (TPSA) is 72.2 Å². The largest absolute Gasteiger partial charge is 0.477 e. The van der Waals surface area contributed by atoms with E-state index >= 15 is 0 Å². The molecule has 2 aromatic heterocycles. The van der Waals surface area contributed by atoms with Crippen LogP contribution in [0.1, 0.15) is 16.1 Å². The Morgan fingerprint density at radius 3 is 2.81 bits per heavy atom. The lowest BCUT2D eigenvalue weighted by molar-refractivity contribution is 0.0695. The summed E-state index contributed by atoms with van der Waals surface area (Å²) in [7, 11) is 1.69. The fourth-order valence-corrected chi connectivity index (χ4v) is 1.63. The van der Waals surface area contributed by atoms with Crippen molar-refractivity contribution < 1.29 is 9.90 Å². The minimum absolute atomic E-state index is 0.222. The van der Waals surface area contributed by atoms with Crippen LogP contribution in [0, 0.1) is 6.92 Å². The molecule has 0 radical (unpaired) electrons. The van der Waals surface area contributed by atoms with Crippen LogP contribution in [0.5, 0.6) is 0 Å². The number of carboxylic acids is 1. The van der Waals surface area contributed by atoms with Crippen molar-refractivity contribution in [2.75, 3.05) is 0 Å². The molecular weight excluding hydrogens is 208 g/mol. The van der Waals surface area contributed by atoms with Gasteiger partial charge in [0.2, 0.25) is 5.43 Å². The van der Waals surface area contributed by atoms with Crippen molar-refractivity contribution in [3.05, 3.63) is 39.9 Å². The Labute approximate surface area is 91.0 Å². The second kappa shape index (κ2) is 3.44. The smallest absolute Gasteiger partial charge is 0.341 e. The first-order chi connectivity index (χ1) is 7.50. The molecule has 0 aliphatic heterocycles. The zero-order valence-corrected chi connectivity index (χ0v) is 8.89. The summed E-state index contributed by atoms with van der Waals surface area (Å²) in [5.74, 6) is -1.21. The normalized spacial score (nSPS) is 10.6. The summed E-state index contributed by atoms with van der Waals surface area (Å²) in [4.78, 5) is 26.8. The van der Waals surface area contributed by atoms with Gasteiger partial charge in [-0.1, -0.05) is 0 Å². The van der Waals surface area contributed by atoms with Crippen molar-refractivity contribution in [3.63, 3.8) is 0 Å². The van der Waals surface area contributed by atoms with E-state index in [1.54, 1.807) is 30.8 Å². The van der Waals surface area contributed by atoms with Gasteiger partial charge in [0.1, 0.15) is 5.56 Å². The summed E-state index contributed by atoms with van der Waals surface area (Å²) >= 11 is 0. The van der Waals surface area contributed by atoms with E-state index < -0.39 is 11.4 Å². The first kappa shape index (κ1) is 10.4. The number of rotatable bonds is 1. The van der Waals surface area contributed by atoms with E-state index in [-0.39, 0.29) is 5.56 Å². The number of aryl methyl sites for hydroxylation is 2. The second-order valence-electron chi connectivity index (χ2n) is 3.63. The van der Waals surface area contributed by atoms with E-state index in [1.807, 2.05) is 0 Å². The molecule has 2 aromatic rings. The molecule has 0 aliphatic rings. The van der Waals surface area contributed by atoms with Crippen molar-refractivity contribution in [1.82, 2.24) is 9.55 Å². The van der Waals surface area contributed by atoms with Gasteiger partial charge in [-0.2, -0.15) is 0 Å². The third kappa shape index (κ3) is 1.46. The summed E-state index contributed by atoms with van der Waals surface area (Å²) in [6.07, 6.45) is 2.88. The van der Waals surface area contributed by atoms with Crippen LogP contribution in [0.15, 0.2) is 23.3 Å². The van der Waals surface area contributed by atoms with Crippen LogP contribution in [0.2, 0.25) is 0 Å². The van der Waals surface area contributed by atoms with Gasteiger partial charge in [-0.05, 0) is 13.0 Å². The quantitative estimate of drug-likeness (QED) is 0.773. The number of hydrogen-bond donors (Lipinski definition) is 1. The Morgan fingerprint density at radius 1 is 1.50 bits per heavy atom. The number of aromatic carboxylic acids is 1. The molecule has 0 amide bonds. The van der Waals surface area contributed by atoms with E-state index in [4.69, 9.17) is 5.11 Å². The van der Waals surface area contributed by atoms with Crippen LogP contribution in [-0.4, -0.2) is 20.6 Å². The van der Waals surface area contributed by atoms with E-state index in [0.717, 1.165) is 0 Å². The van der Waals surface area contributed by atoms with Gasteiger partial charge in [-0.3, -0.25) is 9.78 Å². The van der Waals surface area contributed by atoms with E-state index in [1.165, 1.54) is 6.20 Å². The van der Waals surface area contributed by atoms with Gasteiger partial charge in [0.05, 0.1) is 11.7 Å². The number of carbonyl (C=O) groups is 1. The van der Waals surface area contributed by atoms with Gasteiger partial charge in [0.15, 0.2) is 0 Å². The molecule has 0 unspecified atom stereocenters. The van der Waals surface area contributed by atoms with E-state index in [0.29, 0.717) is 16.6 Å². The Morgan fingerprint density at radius 2 is 2.19 bits per heavy atom. The molecule has 0 saturated heterocycles. The van der Waals surface area contributed by atoms with Crippen molar-refractivity contribution in [2.24, 2.45) is 7.05 Å². The minimum atomic E-state index is -1.21. The highest BCUT2D eigenvalue weighted by Gasteiger charge is 2.13. The van der Waals surface area contributed by atoms with Crippen LogP contribution in [0.25, 0.3) is 10.9 Å². The Balaban J connectivity index is 2.98. The summed E-state index contributed by atoms with van der Waals surface area (Å²) in [5, 5.41) is 9.27. The molecule has 2 heterocycles. The Kier molecular flexibility index (Phi) is 2.23. The molecule has 0 aromatic carbocycles. The van der Waals surface area contributed by atoms with Crippen molar-refractivity contribution in [3.8, 4) is 0 Å². The van der Waals surface area contributed by atoms with Crippen LogP contribution < -0.4 is 5.43 Å². The molecule has 0 atom stereocenters. The molecule has 0 spiro atoms. The summed E-state index contributed by atoms with van der Waals surface area (Å²) in [6, 6.07) is 1.60. The van der Waals surface area contributed by atoms with Crippen LogP contribution in [0.4, 0.5) is 0 Å². The molecule has 2 rings (SSSR count). The SMILES string of the molecule is Cc1cc2c(=O)c(C(=O)O)cn(C)c2cn1. The highest BCUT2D eigenvalue weighted by atomic mass is 16.4. The lowest BCUT2D eigenvalue weighted by Gasteiger charge is -2.06. The predicted octanol–water partition coefficient (Wildman–Crippen LogP) is 0.940. The molecule has 1 N–H and O–H groups in total. The average Bonchev–Trinajstić information content (AvgIpc) is 2.22. The summed E-state index contributed by atoms with van der Waals surface area (Å²) < 4.78 is 1.59. The lowest BCUT2D eigenvalue weighted by atomic mass is 10.1. The fourth-order valence-electron chi connectivity index (χ4n) is 1.63. The summed E-state index contributed by atoms with van der Waals surface area (Å²) in [6.45, 7) is 1.76. The number of carboxylic acid groups (broad SMARTS) is 1. The third-order valence-electron chi connectivity index (χ3n) is 2.44. The maximum Gasteiger partial charge on any atom is 0.341 e. The number of fused-ring (bicyclic) bond motifs is 1. The monoisotopic (exact) mass is 218 g/mol. The molecule has 0 saturated carbocycles. The molecule has 16 heavy (non-hydrogen) atoms. The maximum absolute atomic E-state index is 11.9. The van der Waals surface area contributed by atoms with E-state index in [9.17, 15) is 9.59 Å². The number of hydrogen-bond acceptors (Lipinski definition) is 3. The zero-order valence-electron chi connectivity index (χ0n) is 8.89. The second-order valence-corrected chi connectivity index (χ2v) is 3.63. The molecule has 5 heteroatoms. The number of aromatic nitrogens is 2. The van der Waals surface area contributed by atoms with Gasteiger partial charge in [-0.15, -0.1) is 0 Å². The molecule has 0 aliphatic carbocycles. The molecular formula is C11H10N2O3. The molecule has 0 fully saturated rings. The van der Waals surface area contributed by atoms with Gasteiger partial charge < -0.3 is 9.67 Å². The molecule has 5 nitrogen and oxygen atoms in total. The van der Waals surface area contributed by atoms with Crippen molar-refractivity contribution in [1.29, 1.82) is 0 Å². The standard InChI is InChI=1S/C11H10N2O3/c1-6-3-7-9(4-12-6)13(2)5-8(10(7)14)11(15)16/h3-5H,1-2H3,(H,15,16). The highest BCUT2D eigenvalue weighted by molar-refractivity contribution is 5.92. The fraction of sp³-hybridized carbons (Fsp3) is 0.182.